The number of ether oxygens (including phenoxy) is 3. The van der Waals surface area contributed by atoms with E-state index in [0.717, 1.165) is 5.56 Å². The van der Waals surface area contributed by atoms with Crippen LogP contribution in [0.2, 0.25) is 5.15 Å². The molecule has 0 bridgehead atoms. The Balaban J connectivity index is 1.26. The second kappa shape index (κ2) is 13.8. The highest BCUT2D eigenvalue weighted by Crippen LogP contribution is 2.40. The maximum absolute atomic E-state index is 13.6. The number of aromatic hydroxyl groups is 1. The van der Waals surface area contributed by atoms with Crippen LogP contribution in [0.5, 0.6) is 23.1 Å². The zero-order chi connectivity index (χ0) is 33.1. The van der Waals surface area contributed by atoms with E-state index in [0.29, 0.717) is 53.9 Å². The van der Waals surface area contributed by atoms with Crippen LogP contribution in [0.3, 0.4) is 0 Å². The summed E-state index contributed by atoms with van der Waals surface area (Å²) in [5, 5.41) is 20.8. The summed E-state index contributed by atoms with van der Waals surface area (Å²) in [5.74, 6) is -0.269. The Labute approximate surface area is 286 Å². The number of benzene rings is 3. The molecule has 6 aromatic rings. The molecule has 47 heavy (non-hydrogen) atoms. The van der Waals surface area contributed by atoms with Gasteiger partial charge in [0.05, 0.1) is 21.9 Å². The first-order chi connectivity index (χ1) is 22.7. The van der Waals surface area contributed by atoms with Crippen LogP contribution in [-0.4, -0.2) is 48.7 Å². The molecule has 0 fully saturated rings. The van der Waals surface area contributed by atoms with E-state index in [9.17, 15) is 19.4 Å². The van der Waals surface area contributed by atoms with Crippen molar-refractivity contribution in [2.24, 2.45) is 0 Å². The maximum Gasteiger partial charge on any atom is 0.345 e. The zero-order valence-corrected chi connectivity index (χ0v) is 27.5. The summed E-state index contributed by atoms with van der Waals surface area (Å²) in [4.78, 5) is 25.8. The van der Waals surface area contributed by atoms with E-state index in [1.807, 2.05) is 24.3 Å². The molecule has 2 N–H and O–H groups in total. The molecule has 0 amide bonds. The quantitative estimate of drug-likeness (QED) is 0.131. The number of halogens is 3. The summed E-state index contributed by atoms with van der Waals surface area (Å²) in [6.45, 7) is 0.0366. The Morgan fingerprint density at radius 2 is 1.83 bits per heavy atom. The number of para-hydroxylation sites is 1. The smallest absolute Gasteiger partial charge is 0.345 e. The van der Waals surface area contributed by atoms with Gasteiger partial charge < -0.3 is 24.4 Å². The minimum Gasteiger partial charge on any atom is -0.508 e. The second-order valence-corrected chi connectivity index (χ2v) is 11.7. The summed E-state index contributed by atoms with van der Waals surface area (Å²) in [7, 11) is 1.57. The van der Waals surface area contributed by atoms with Crippen molar-refractivity contribution in [3.8, 4) is 45.6 Å². The van der Waals surface area contributed by atoms with E-state index in [-0.39, 0.29) is 30.5 Å². The standard InChI is InChI=1S/C34H25ClFIN4O6/c1-45-26-5-3-2-4-24(26)32-38-13-12-22(40-32)18-46-25-11-10-23(42)16-20(25)17-27(34(43)44)47-33-30-29(37)28(19-6-8-21(36)9-7-19)31(35)41(30)15-14-39-33/h2-16,27,42H,17-18H2,1H3,(H,43,44). The van der Waals surface area contributed by atoms with Gasteiger partial charge in [0.2, 0.25) is 12.0 Å². The highest BCUT2D eigenvalue weighted by molar-refractivity contribution is 14.1. The number of carbonyl (C=O) groups is 1. The van der Waals surface area contributed by atoms with Crippen LogP contribution in [0.4, 0.5) is 4.39 Å². The number of nitrogens with zero attached hydrogens (tertiary/aromatic N) is 4. The first kappa shape index (κ1) is 32.0. The Hall–Kier alpha value is -4.95. The van der Waals surface area contributed by atoms with Gasteiger partial charge in [0.1, 0.15) is 40.3 Å². The lowest BCUT2D eigenvalue weighted by atomic mass is 10.1. The number of methoxy groups -OCH3 is 1. The number of phenolic OH excluding ortho intramolecular Hbond substituents is 1. The number of rotatable bonds is 11. The molecule has 3 aromatic heterocycles. The molecule has 1 atom stereocenters. The Bertz CT molecular complexity index is 2090. The summed E-state index contributed by atoms with van der Waals surface area (Å²) in [5.41, 5.74) is 3.42. The second-order valence-electron chi connectivity index (χ2n) is 10.2. The number of phenols is 1. The van der Waals surface area contributed by atoms with Gasteiger partial charge in [-0.3, -0.25) is 4.40 Å². The van der Waals surface area contributed by atoms with Gasteiger partial charge in [-0.1, -0.05) is 35.9 Å². The highest BCUT2D eigenvalue weighted by Gasteiger charge is 2.27. The molecule has 0 saturated heterocycles. The fraction of sp³-hybridized carbons (Fsp3) is 0.118. The lowest BCUT2D eigenvalue weighted by molar-refractivity contribution is -0.145. The van der Waals surface area contributed by atoms with Crippen molar-refractivity contribution in [3.63, 3.8) is 0 Å². The van der Waals surface area contributed by atoms with Crippen molar-refractivity contribution in [3.05, 3.63) is 117 Å². The van der Waals surface area contributed by atoms with Crippen LogP contribution in [0.15, 0.2) is 91.4 Å². The van der Waals surface area contributed by atoms with Gasteiger partial charge in [0.25, 0.3) is 0 Å². The molecule has 6 rings (SSSR count). The van der Waals surface area contributed by atoms with Gasteiger partial charge in [0.15, 0.2) is 5.82 Å². The monoisotopic (exact) mass is 766 g/mol. The number of aromatic nitrogens is 4. The minimum atomic E-state index is -1.42. The van der Waals surface area contributed by atoms with E-state index in [1.54, 1.807) is 48.2 Å². The average molecular weight is 767 g/mol. The summed E-state index contributed by atoms with van der Waals surface area (Å²) in [6, 6.07) is 19.4. The molecule has 0 aliphatic carbocycles. The van der Waals surface area contributed by atoms with Gasteiger partial charge in [-0.05, 0) is 76.7 Å². The molecule has 3 heterocycles. The van der Waals surface area contributed by atoms with E-state index in [1.165, 1.54) is 30.5 Å². The SMILES string of the molecule is COc1ccccc1-c1nccc(COc2ccc(O)cc2CC(Oc2nccn3c(Cl)c(-c4ccc(F)cc4)c(I)c23)C(=O)O)n1. The molecule has 0 aliphatic heterocycles. The van der Waals surface area contributed by atoms with Gasteiger partial charge >= 0.3 is 5.97 Å². The predicted molar refractivity (Wildman–Crippen MR) is 181 cm³/mol. The Morgan fingerprint density at radius 3 is 2.60 bits per heavy atom. The van der Waals surface area contributed by atoms with Crippen LogP contribution in [0.25, 0.3) is 28.0 Å². The normalized spacial score (nSPS) is 11.7. The van der Waals surface area contributed by atoms with Gasteiger partial charge in [-0.25, -0.2) is 24.1 Å². The number of hydrogen-bond donors (Lipinski definition) is 2. The van der Waals surface area contributed by atoms with Crippen LogP contribution in [-0.2, 0) is 17.8 Å². The van der Waals surface area contributed by atoms with E-state index in [4.69, 9.17) is 25.8 Å². The molecule has 0 spiro atoms. The lowest BCUT2D eigenvalue weighted by Crippen LogP contribution is -2.30. The maximum atomic E-state index is 13.6. The van der Waals surface area contributed by atoms with Gasteiger partial charge in [0, 0.05) is 36.1 Å². The van der Waals surface area contributed by atoms with Gasteiger partial charge in [-0.15, -0.1) is 0 Å². The molecule has 0 aliphatic rings. The number of aliphatic carboxylic acids is 1. The zero-order valence-electron chi connectivity index (χ0n) is 24.6. The first-order valence-electron chi connectivity index (χ1n) is 14.1. The molecule has 1 unspecified atom stereocenters. The minimum absolute atomic E-state index is 0.0343. The van der Waals surface area contributed by atoms with Crippen LogP contribution in [0, 0.1) is 9.39 Å². The summed E-state index contributed by atoms with van der Waals surface area (Å²) < 4.78 is 33.4. The molecule has 0 radical (unpaired) electrons. The van der Waals surface area contributed by atoms with Crippen molar-refractivity contribution in [2.45, 2.75) is 19.1 Å². The highest BCUT2D eigenvalue weighted by atomic mass is 127. The molecular weight excluding hydrogens is 742 g/mol. The first-order valence-corrected chi connectivity index (χ1v) is 15.6. The fourth-order valence-electron chi connectivity index (χ4n) is 5.02. The molecule has 10 nitrogen and oxygen atoms in total. The largest absolute Gasteiger partial charge is 0.508 e. The summed E-state index contributed by atoms with van der Waals surface area (Å²) in [6.07, 6.45) is 3.09. The van der Waals surface area contributed by atoms with Crippen LogP contribution < -0.4 is 14.2 Å². The van der Waals surface area contributed by atoms with E-state index >= 15 is 0 Å². The van der Waals surface area contributed by atoms with Crippen molar-refractivity contribution in [1.82, 2.24) is 19.4 Å². The fourth-order valence-corrected chi connectivity index (χ4v) is 6.58. The Kier molecular flexibility index (Phi) is 9.41. The van der Waals surface area contributed by atoms with E-state index < -0.39 is 12.1 Å². The van der Waals surface area contributed by atoms with Crippen molar-refractivity contribution in [1.29, 1.82) is 0 Å². The van der Waals surface area contributed by atoms with E-state index in [2.05, 4.69) is 37.5 Å². The summed E-state index contributed by atoms with van der Waals surface area (Å²) >= 11 is 8.81. The number of fused-ring (bicyclic) bond motifs is 1. The number of carboxylic acid groups (broad SMARTS) is 1. The average Bonchev–Trinajstić information content (AvgIpc) is 3.34. The topological polar surface area (TPSA) is 128 Å². The molecular formula is C34H25ClFIN4O6. The van der Waals surface area contributed by atoms with Crippen molar-refractivity contribution >= 4 is 45.7 Å². The molecule has 13 heteroatoms. The molecule has 238 valence electrons. The number of hydrogen-bond acceptors (Lipinski definition) is 8. The third kappa shape index (κ3) is 6.79. The van der Waals surface area contributed by atoms with Crippen LogP contribution >= 0.6 is 34.2 Å². The van der Waals surface area contributed by atoms with Crippen molar-refractivity contribution < 1.29 is 33.6 Å². The third-order valence-corrected chi connectivity index (χ3v) is 8.67. The van der Waals surface area contributed by atoms with Crippen LogP contribution in [0.1, 0.15) is 11.3 Å². The molecule has 3 aromatic carbocycles. The predicted octanol–water partition coefficient (Wildman–Crippen LogP) is 7.22. The lowest BCUT2D eigenvalue weighted by Gasteiger charge is -2.18. The number of carboxylic acids is 1. The third-order valence-electron chi connectivity index (χ3n) is 7.24. The Morgan fingerprint density at radius 1 is 1.04 bits per heavy atom. The van der Waals surface area contributed by atoms with Gasteiger partial charge in [-0.2, -0.15) is 0 Å². The molecule has 0 saturated carbocycles. The van der Waals surface area contributed by atoms with Crippen molar-refractivity contribution in [2.75, 3.05) is 7.11 Å².